The van der Waals surface area contributed by atoms with E-state index in [1.54, 1.807) is 10.9 Å². The number of benzene rings is 1. The van der Waals surface area contributed by atoms with Crippen molar-refractivity contribution in [2.75, 3.05) is 11.9 Å². The molecule has 1 aromatic carbocycles. The Hall–Kier alpha value is -2.57. The van der Waals surface area contributed by atoms with Gasteiger partial charge >= 0.3 is 6.03 Å². The maximum Gasteiger partial charge on any atom is 0.320 e. The number of carbonyl (C=O) groups excluding carboxylic acids is 1. The van der Waals surface area contributed by atoms with Crippen LogP contribution in [0.2, 0.25) is 0 Å². The summed E-state index contributed by atoms with van der Waals surface area (Å²) in [6, 6.07) is 7.50. The van der Waals surface area contributed by atoms with Gasteiger partial charge in [0.25, 0.3) is 0 Å². The van der Waals surface area contributed by atoms with Crippen molar-refractivity contribution in [3.63, 3.8) is 0 Å². The van der Waals surface area contributed by atoms with E-state index < -0.39 is 0 Å². The molecule has 0 bridgehead atoms. The fourth-order valence-corrected chi connectivity index (χ4v) is 2.27. The molecule has 2 N–H and O–H groups in total. The van der Waals surface area contributed by atoms with Gasteiger partial charge in [-0.3, -0.25) is 10.00 Å². The molecule has 1 aliphatic heterocycles. The summed E-state index contributed by atoms with van der Waals surface area (Å²) in [6.45, 7) is 3.13. The normalized spacial score (nSPS) is 16.7. The number of hydrogen-bond acceptors (Lipinski definition) is 4. The van der Waals surface area contributed by atoms with Crippen molar-refractivity contribution in [2.45, 2.75) is 25.9 Å². The number of aryl methyl sites for hydroxylation is 1. The highest BCUT2D eigenvalue weighted by Gasteiger charge is 2.21. The van der Waals surface area contributed by atoms with E-state index >= 15 is 0 Å². The van der Waals surface area contributed by atoms with Crippen molar-refractivity contribution >= 4 is 11.8 Å². The summed E-state index contributed by atoms with van der Waals surface area (Å²) in [5.74, 6) is 1.33. The first kappa shape index (κ1) is 13.4. The highest BCUT2D eigenvalue weighted by Crippen LogP contribution is 2.23. The molecule has 0 fully saturated rings. The van der Waals surface area contributed by atoms with Gasteiger partial charge in [0, 0.05) is 6.54 Å². The predicted molar refractivity (Wildman–Crippen MR) is 77.3 cm³/mol. The number of para-hydroxylation sites is 1. The molecular formula is C14H17N5O2. The van der Waals surface area contributed by atoms with E-state index in [4.69, 9.17) is 4.74 Å². The molecule has 1 atom stereocenters. The van der Waals surface area contributed by atoms with Gasteiger partial charge in [0.15, 0.2) is 5.82 Å². The van der Waals surface area contributed by atoms with E-state index in [1.165, 1.54) is 0 Å². The first-order chi connectivity index (χ1) is 10.2. The Bertz CT molecular complexity index is 640. The van der Waals surface area contributed by atoms with E-state index in [1.807, 2.05) is 31.2 Å². The highest BCUT2D eigenvalue weighted by atomic mass is 16.5. The van der Waals surface area contributed by atoms with Crippen molar-refractivity contribution in [1.82, 2.24) is 20.3 Å². The fraction of sp³-hybridized carbons (Fsp3) is 0.357. The van der Waals surface area contributed by atoms with E-state index in [2.05, 4.69) is 20.9 Å². The molecule has 3 rings (SSSR count). The number of nitrogens with zero attached hydrogens (tertiary/aromatic N) is 3. The molecule has 2 amide bonds. The number of aromatic nitrogens is 3. The quantitative estimate of drug-likeness (QED) is 0.894. The maximum absolute atomic E-state index is 11.9. The Balaban J connectivity index is 1.56. The molecule has 21 heavy (non-hydrogen) atoms. The van der Waals surface area contributed by atoms with Gasteiger partial charge in [0.1, 0.15) is 12.4 Å². The Labute approximate surface area is 122 Å². The molecule has 7 nitrogen and oxygen atoms in total. The van der Waals surface area contributed by atoms with Gasteiger partial charge in [-0.15, -0.1) is 5.10 Å². The van der Waals surface area contributed by atoms with E-state index in [0.717, 1.165) is 17.7 Å². The molecule has 2 aromatic rings. The maximum atomic E-state index is 11.9. The molecule has 1 aromatic heterocycles. The lowest BCUT2D eigenvalue weighted by atomic mass is 10.0. The summed E-state index contributed by atoms with van der Waals surface area (Å²) in [7, 11) is 0. The van der Waals surface area contributed by atoms with Crippen molar-refractivity contribution in [1.29, 1.82) is 0 Å². The number of nitrogens with one attached hydrogen (secondary N) is 2. The van der Waals surface area contributed by atoms with Gasteiger partial charge in [-0.25, -0.2) is 4.79 Å². The number of rotatable bonds is 3. The lowest BCUT2D eigenvalue weighted by molar-refractivity contribution is 0.222. The van der Waals surface area contributed by atoms with Crippen LogP contribution in [0.25, 0.3) is 0 Å². The largest absolute Gasteiger partial charge is 0.491 e. The average molecular weight is 287 g/mol. The minimum absolute atomic E-state index is 0.0545. The minimum atomic E-state index is -0.300. The van der Waals surface area contributed by atoms with Crippen LogP contribution in [0, 0.1) is 0 Å². The van der Waals surface area contributed by atoms with Gasteiger partial charge in [-0.2, -0.15) is 0 Å². The molecule has 0 aliphatic carbocycles. The number of carbonyl (C=O) groups is 1. The molecular weight excluding hydrogens is 270 g/mol. The summed E-state index contributed by atoms with van der Waals surface area (Å²) in [6.07, 6.45) is 2.44. The lowest BCUT2D eigenvalue weighted by Crippen LogP contribution is -2.44. The van der Waals surface area contributed by atoms with Gasteiger partial charge in [-0.05, 0) is 25.0 Å². The van der Waals surface area contributed by atoms with Crippen LogP contribution < -0.4 is 15.4 Å². The summed E-state index contributed by atoms with van der Waals surface area (Å²) < 4.78 is 7.28. The van der Waals surface area contributed by atoms with Crippen molar-refractivity contribution in [2.24, 2.45) is 0 Å². The van der Waals surface area contributed by atoms with E-state index in [9.17, 15) is 4.79 Å². The van der Waals surface area contributed by atoms with Crippen LogP contribution in [0.1, 0.15) is 12.5 Å². The van der Waals surface area contributed by atoms with Crippen molar-refractivity contribution < 1.29 is 9.53 Å². The van der Waals surface area contributed by atoms with Gasteiger partial charge in [-0.1, -0.05) is 23.4 Å². The summed E-state index contributed by atoms with van der Waals surface area (Å²) >= 11 is 0. The average Bonchev–Trinajstić information content (AvgIpc) is 2.94. The monoisotopic (exact) mass is 287 g/mol. The third-order valence-electron chi connectivity index (χ3n) is 3.32. The standard InChI is InChI=1S/C14H17N5O2/c1-2-19-8-13(17-18-19)16-14(20)15-11-7-10-5-3-4-6-12(10)21-9-11/h3-6,8,11H,2,7,9H2,1H3,(H2,15,16,20)/t11-/m1/s1. The highest BCUT2D eigenvalue weighted by molar-refractivity contribution is 5.88. The van der Waals surface area contributed by atoms with Crippen LogP contribution in [0.15, 0.2) is 30.5 Å². The van der Waals surface area contributed by atoms with Crippen molar-refractivity contribution in [3.8, 4) is 5.75 Å². The van der Waals surface area contributed by atoms with Crippen LogP contribution in [0.3, 0.4) is 0 Å². The van der Waals surface area contributed by atoms with Gasteiger partial charge in [0.05, 0.1) is 12.2 Å². The molecule has 2 heterocycles. The summed E-state index contributed by atoms with van der Waals surface area (Å²) in [5.41, 5.74) is 1.10. The second-order valence-electron chi connectivity index (χ2n) is 4.88. The smallest absolute Gasteiger partial charge is 0.320 e. The molecule has 0 unspecified atom stereocenters. The second-order valence-corrected chi connectivity index (χ2v) is 4.88. The van der Waals surface area contributed by atoms with Gasteiger partial charge in [0.2, 0.25) is 0 Å². The number of fused-ring (bicyclic) bond motifs is 1. The summed E-state index contributed by atoms with van der Waals surface area (Å²) in [5, 5.41) is 13.3. The van der Waals surface area contributed by atoms with Gasteiger partial charge < -0.3 is 10.1 Å². The Morgan fingerprint density at radius 2 is 2.33 bits per heavy atom. The Morgan fingerprint density at radius 3 is 3.14 bits per heavy atom. The van der Waals surface area contributed by atoms with Crippen LogP contribution in [0.5, 0.6) is 5.75 Å². The molecule has 0 saturated heterocycles. The molecule has 0 saturated carbocycles. The molecule has 1 aliphatic rings. The Kier molecular flexibility index (Phi) is 3.72. The second kappa shape index (κ2) is 5.82. The zero-order chi connectivity index (χ0) is 14.7. The van der Waals surface area contributed by atoms with Crippen LogP contribution in [0.4, 0.5) is 10.6 Å². The number of urea groups is 1. The minimum Gasteiger partial charge on any atom is -0.491 e. The van der Waals surface area contributed by atoms with E-state index in [-0.39, 0.29) is 12.1 Å². The summed E-state index contributed by atoms with van der Waals surface area (Å²) in [4.78, 5) is 11.9. The SMILES string of the molecule is CCn1cc(NC(=O)N[C@H]2COc3ccccc3C2)nn1. The molecule has 110 valence electrons. The topological polar surface area (TPSA) is 81.1 Å². The zero-order valence-corrected chi connectivity index (χ0v) is 11.7. The fourth-order valence-electron chi connectivity index (χ4n) is 2.27. The lowest BCUT2D eigenvalue weighted by Gasteiger charge is -2.25. The first-order valence-electron chi connectivity index (χ1n) is 6.93. The van der Waals surface area contributed by atoms with Crippen LogP contribution >= 0.6 is 0 Å². The predicted octanol–water partition coefficient (Wildman–Crippen LogP) is 1.42. The Morgan fingerprint density at radius 1 is 1.48 bits per heavy atom. The number of ether oxygens (including phenoxy) is 1. The van der Waals surface area contributed by atoms with Crippen LogP contribution in [-0.2, 0) is 13.0 Å². The zero-order valence-electron chi connectivity index (χ0n) is 11.7. The van der Waals surface area contributed by atoms with Crippen LogP contribution in [-0.4, -0.2) is 33.7 Å². The molecule has 0 spiro atoms. The number of amides is 2. The molecule has 0 radical (unpaired) electrons. The number of anilines is 1. The first-order valence-corrected chi connectivity index (χ1v) is 6.93. The van der Waals surface area contributed by atoms with E-state index in [0.29, 0.717) is 19.0 Å². The third-order valence-corrected chi connectivity index (χ3v) is 3.32. The third kappa shape index (κ3) is 3.13. The number of hydrogen-bond donors (Lipinski definition) is 2. The van der Waals surface area contributed by atoms with Crippen molar-refractivity contribution in [3.05, 3.63) is 36.0 Å². The molecule has 7 heteroatoms.